The third-order valence-corrected chi connectivity index (χ3v) is 10.2. The van der Waals surface area contributed by atoms with Crippen molar-refractivity contribution in [3.63, 3.8) is 0 Å². The van der Waals surface area contributed by atoms with E-state index in [1.807, 2.05) is 12.1 Å². The summed E-state index contributed by atoms with van der Waals surface area (Å²) in [6.07, 6.45) is 10.2. The van der Waals surface area contributed by atoms with Gasteiger partial charge in [0.05, 0.1) is 11.9 Å². The van der Waals surface area contributed by atoms with Crippen LogP contribution in [-0.4, -0.2) is 61.0 Å². The van der Waals surface area contributed by atoms with Crippen molar-refractivity contribution in [3.05, 3.63) is 141 Å². The van der Waals surface area contributed by atoms with Crippen LogP contribution >= 0.6 is 39.1 Å². The van der Waals surface area contributed by atoms with Gasteiger partial charge in [-0.15, -0.1) is 0 Å². The average molecular weight is 921 g/mol. The topological polar surface area (TPSA) is 98.8 Å². The summed E-state index contributed by atoms with van der Waals surface area (Å²) >= 11 is 14.6. The summed E-state index contributed by atoms with van der Waals surface area (Å²) < 4.78 is 0. The Hall–Kier alpha value is -0.0973. The number of hydrogen-bond donors (Lipinski definition) is 1. The van der Waals surface area contributed by atoms with Crippen LogP contribution in [0, 0.1) is 11.8 Å². The van der Waals surface area contributed by atoms with Gasteiger partial charge in [0.1, 0.15) is 0 Å². The second-order valence-electron chi connectivity index (χ2n) is 13.2. The standard InChI is InChI=1S/C21H24ClNO.C13H19N.C8H6BrClO.CH2O3.CH4.2K.H/c22-20-12-10-19(11-13-20)21(24)16-23-14-4-7-18(15-23)9-8-17-5-2-1-3-6-17;1-2-5-12(6-3-1)8-9-13-7-4-10-14-11-13;9-5-8(11)6-1-3-7(10)4-2-6;2-1-4-3;;;;/h1-3,5-6,10-13,18H,4,7-9,14-16H2;1-3,5-6,13-14H,4,7-11H2;1-4H,5H2;1,3H;1H4;;;/q;;;;;2*+1;-1/p-1/t18-;13-;;;;;;/m11....../s1. The van der Waals surface area contributed by atoms with Crippen LogP contribution in [0.5, 0.6) is 0 Å². The van der Waals surface area contributed by atoms with Crippen molar-refractivity contribution in [1.29, 1.82) is 0 Å². The van der Waals surface area contributed by atoms with Crippen molar-refractivity contribution in [3.8, 4) is 0 Å². The second kappa shape index (κ2) is 34.6. The van der Waals surface area contributed by atoms with E-state index >= 15 is 0 Å². The summed E-state index contributed by atoms with van der Waals surface area (Å²) in [6.45, 7) is 4.85. The molecule has 4 aromatic carbocycles. The number of nitrogens with one attached hydrogen (secondary N) is 1. The van der Waals surface area contributed by atoms with Crippen LogP contribution in [0.3, 0.4) is 0 Å². The molecule has 56 heavy (non-hydrogen) atoms. The Labute approximate surface area is 439 Å². The Morgan fingerprint density at radius 1 is 0.768 bits per heavy atom. The third kappa shape index (κ3) is 24.2. The molecule has 0 aromatic heterocycles. The molecule has 12 heteroatoms. The zero-order valence-corrected chi connectivity index (χ0v) is 41.5. The van der Waals surface area contributed by atoms with E-state index in [0.29, 0.717) is 33.4 Å². The second-order valence-corrected chi connectivity index (χ2v) is 14.6. The predicted molar refractivity (Wildman–Crippen MR) is 225 cm³/mol. The van der Waals surface area contributed by atoms with Gasteiger partial charge in [-0.05, 0) is 142 Å². The maximum atomic E-state index is 12.4. The number of aryl methyl sites for hydroxylation is 2. The number of likely N-dealkylation sites (tertiary alicyclic amines) is 1. The summed E-state index contributed by atoms with van der Waals surface area (Å²) in [5, 5.41) is 13.6. The number of hydrogen-bond acceptors (Lipinski definition) is 7. The van der Waals surface area contributed by atoms with E-state index in [9.17, 15) is 9.59 Å². The Balaban J connectivity index is 0. The van der Waals surface area contributed by atoms with Crippen LogP contribution < -0.4 is 113 Å². The molecule has 4 aromatic rings. The van der Waals surface area contributed by atoms with E-state index in [-0.39, 0.29) is 130 Å². The quantitative estimate of drug-likeness (QED) is 0.0580. The molecule has 0 radical (unpaired) electrons. The Kier molecular flexibility index (Phi) is 34.5. The number of alkyl halides is 1. The number of rotatable bonds is 12. The molecule has 0 unspecified atom stereocenters. The van der Waals surface area contributed by atoms with Crippen molar-refractivity contribution in [1.82, 2.24) is 10.2 Å². The fourth-order valence-corrected chi connectivity index (χ4v) is 6.95. The smallest absolute Gasteiger partial charge is 1.00 e. The molecule has 7 nitrogen and oxygen atoms in total. The zero-order chi connectivity index (χ0) is 38.1. The molecule has 2 atom stereocenters. The van der Waals surface area contributed by atoms with Gasteiger partial charge in [-0.25, -0.2) is 0 Å². The molecule has 0 amide bonds. The number of piperidine rings is 2. The van der Waals surface area contributed by atoms with Crippen LogP contribution in [0.2, 0.25) is 10.0 Å². The minimum atomic E-state index is -0.181. The molecule has 0 saturated carbocycles. The van der Waals surface area contributed by atoms with E-state index in [1.165, 1.54) is 69.2 Å². The molecule has 1 N–H and O–H groups in total. The van der Waals surface area contributed by atoms with Crippen molar-refractivity contribution in [2.24, 2.45) is 11.8 Å². The molecule has 2 heterocycles. The van der Waals surface area contributed by atoms with Crippen LogP contribution in [0.25, 0.3) is 0 Å². The summed E-state index contributed by atoms with van der Waals surface area (Å²) in [6, 6.07) is 35.5. The van der Waals surface area contributed by atoms with Gasteiger partial charge in [0.2, 0.25) is 0 Å². The number of Topliss-reactive ketones (excluding diaryl/α,β-unsaturated/α-hetero) is 2. The number of carbonyl (C=O) groups is 3. The molecule has 0 spiro atoms. The van der Waals surface area contributed by atoms with Gasteiger partial charge >= 0.3 is 103 Å². The monoisotopic (exact) mass is 918 g/mol. The van der Waals surface area contributed by atoms with E-state index in [4.69, 9.17) is 33.3 Å². The minimum Gasteiger partial charge on any atom is -1.00 e. The number of carbonyl (C=O) groups excluding carboxylic acids is 3. The first kappa shape index (κ1) is 55.9. The largest absolute Gasteiger partial charge is 1.00 e. The molecule has 0 bridgehead atoms. The molecule has 294 valence electrons. The van der Waals surface area contributed by atoms with Gasteiger partial charge in [0.15, 0.2) is 11.6 Å². The molecule has 2 fully saturated rings. The summed E-state index contributed by atoms with van der Waals surface area (Å²) in [7, 11) is 0. The summed E-state index contributed by atoms with van der Waals surface area (Å²) in [5.74, 6) is 1.86. The minimum absolute atomic E-state index is 0. The maximum Gasteiger partial charge on any atom is 1.00 e. The van der Waals surface area contributed by atoms with Gasteiger partial charge in [-0.1, -0.05) is 107 Å². The molecule has 0 aliphatic carbocycles. The van der Waals surface area contributed by atoms with Crippen molar-refractivity contribution >= 4 is 57.2 Å². The zero-order valence-electron chi connectivity index (χ0n) is 33.1. The first-order valence-corrected chi connectivity index (χ1v) is 20.1. The number of ketones is 2. The fraction of sp³-hybridized carbons (Fsp3) is 0.386. The molecule has 6 rings (SSSR count). The van der Waals surface area contributed by atoms with E-state index in [0.717, 1.165) is 31.0 Å². The fourth-order valence-electron chi connectivity index (χ4n) is 6.37. The Morgan fingerprint density at radius 3 is 1.68 bits per heavy atom. The molecule has 2 saturated heterocycles. The normalized spacial score (nSPS) is 15.7. The van der Waals surface area contributed by atoms with Gasteiger partial charge in [0.25, 0.3) is 6.47 Å². The molecular formula is C44H55BrCl2K2N2O5. The van der Waals surface area contributed by atoms with E-state index in [1.54, 1.807) is 36.4 Å². The van der Waals surface area contributed by atoms with Crippen LogP contribution in [0.15, 0.2) is 109 Å². The summed E-state index contributed by atoms with van der Waals surface area (Å²) in [4.78, 5) is 37.0. The van der Waals surface area contributed by atoms with Crippen molar-refractivity contribution < 1.29 is 129 Å². The Bertz CT molecular complexity index is 1610. The van der Waals surface area contributed by atoms with Gasteiger partial charge in [-0.2, -0.15) is 0 Å². The molecule has 2 aliphatic heterocycles. The molecule has 2 aliphatic rings. The maximum absolute atomic E-state index is 12.4. The average Bonchev–Trinajstić information content (AvgIpc) is 3.21. The van der Waals surface area contributed by atoms with Crippen molar-refractivity contribution in [2.75, 3.05) is 38.1 Å². The van der Waals surface area contributed by atoms with Crippen LogP contribution in [0.1, 0.15) is 79.2 Å². The number of nitrogens with zero attached hydrogens (tertiary/aromatic N) is 1. The van der Waals surface area contributed by atoms with Crippen LogP contribution in [0.4, 0.5) is 0 Å². The van der Waals surface area contributed by atoms with Gasteiger partial charge < -0.3 is 16.9 Å². The first-order valence-electron chi connectivity index (χ1n) is 18.2. The van der Waals surface area contributed by atoms with Crippen molar-refractivity contribution in [2.45, 2.75) is 58.8 Å². The summed E-state index contributed by atoms with van der Waals surface area (Å²) in [5.41, 5.74) is 4.34. The number of benzene rings is 4. The first-order chi connectivity index (χ1) is 25.8. The van der Waals surface area contributed by atoms with E-state index < -0.39 is 0 Å². The van der Waals surface area contributed by atoms with Crippen LogP contribution in [-0.2, 0) is 22.5 Å². The molecular weight excluding hydrogens is 865 g/mol. The van der Waals surface area contributed by atoms with E-state index in [2.05, 4.69) is 91.7 Å². The van der Waals surface area contributed by atoms with Gasteiger partial charge in [-0.3, -0.25) is 19.3 Å². The number of halogens is 3. The van der Waals surface area contributed by atoms with Gasteiger partial charge in [0, 0.05) is 27.7 Å². The third-order valence-electron chi connectivity index (χ3n) is 9.23. The predicted octanol–water partition coefficient (Wildman–Crippen LogP) is 3.60. The Morgan fingerprint density at radius 2 is 1.23 bits per heavy atom. The SMILES string of the molecule is C.O=C(CBr)c1ccc(Cl)cc1.O=C(CN1CCC[C@H](CCc2ccccc2)C1)c1ccc(Cl)cc1.O=CO[O-].[H-].[K+].[K+].c1ccc(CC[C@H]2CCCNC2)cc1.